The number of carbonyl (C=O) groups excluding carboxylic acids is 1. The molecule has 0 heterocycles. The molecule has 0 aromatic heterocycles. The Labute approximate surface area is 150 Å². The molecule has 0 aliphatic carbocycles. The first-order valence-electron chi connectivity index (χ1n) is 7.87. The number of nitro benzene ring substituents is 1. The van der Waals surface area contributed by atoms with Crippen LogP contribution in [0.1, 0.15) is 35.4 Å². The van der Waals surface area contributed by atoms with Gasteiger partial charge in [0.15, 0.2) is 0 Å². The van der Waals surface area contributed by atoms with Gasteiger partial charge in [0.05, 0.1) is 21.6 Å². The number of rotatable bonds is 8. The molecule has 0 saturated heterocycles. The van der Waals surface area contributed by atoms with E-state index in [1.54, 1.807) is 0 Å². The Kier molecular flexibility index (Phi) is 6.91. The van der Waals surface area contributed by atoms with Crippen LogP contribution in [0.3, 0.4) is 0 Å². The topological polar surface area (TPSA) is 81.5 Å². The molecule has 1 amide bonds. The molecule has 0 radical (unpaired) electrons. The van der Waals surface area contributed by atoms with Gasteiger partial charge in [-0.1, -0.05) is 41.9 Å². The maximum absolute atomic E-state index is 12.1. The monoisotopic (exact) mass is 362 g/mol. The van der Waals surface area contributed by atoms with Gasteiger partial charge in [-0.15, -0.1) is 0 Å². The summed E-state index contributed by atoms with van der Waals surface area (Å²) in [6, 6.07) is 13.7. The van der Waals surface area contributed by atoms with E-state index in [1.165, 1.54) is 18.2 Å². The quantitative estimate of drug-likeness (QED) is 0.434. The first-order chi connectivity index (χ1) is 12.0. The number of carbonyl (C=O) groups is 1. The van der Waals surface area contributed by atoms with Crippen molar-refractivity contribution in [1.29, 1.82) is 0 Å². The zero-order valence-electron chi connectivity index (χ0n) is 13.8. The number of nitrogens with zero attached hydrogens (tertiary/aromatic N) is 1. The van der Waals surface area contributed by atoms with Crippen molar-refractivity contribution in [3.05, 3.63) is 74.8 Å². The van der Waals surface area contributed by atoms with Crippen LogP contribution in [0, 0.1) is 10.1 Å². The molecule has 0 aliphatic rings. The Morgan fingerprint density at radius 2 is 2.00 bits per heavy atom. The fourth-order valence-electron chi connectivity index (χ4n) is 2.25. The molecule has 2 aromatic rings. The first-order valence-corrected chi connectivity index (χ1v) is 8.25. The zero-order chi connectivity index (χ0) is 18.2. The standard InChI is InChI=1S/C18H19ClN2O4/c1-13(14-6-3-2-4-7-14)25-11-5-10-20-18(22)16-9-8-15(21(23)24)12-17(16)19/h2-4,6-9,12-13H,5,10-11H2,1H3,(H,20,22)/t13-/m0/s1. The average Bonchev–Trinajstić information content (AvgIpc) is 2.61. The summed E-state index contributed by atoms with van der Waals surface area (Å²) in [6.45, 7) is 2.91. The van der Waals surface area contributed by atoms with Crippen molar-refractivity contribution in [3.63, 3.8) is 0 Å². The predicted octanol–water partition coefficient (Wildman–Crippen LogP) is 4.15. The third kappa shape index (κ3) is 5.55. The molecule has 6 nitrogen and oxygen atoms in total. The number of ether oxygens (including phenoxy) is 1. The highest BCUT2D eigenvalue weighted by molar-refractivity contribution is 6.34. The number of halogens is 1. The molecule has 0 bridgehead atoms. The van der Waals surface area contributed by atoms with Gasteiger partial charge < -0.3 is 10.1 Å². The molecule has 1 atom stereocenters. The van der Waals surface area contributed by atoms with Crippen molar-refractivity contribution < 1.29 is 14.5 Å². The number of hydrogen-bond acceptors (Lipinski definition) is 4. The molecule has 132 valence electrons. The molecule has 0 unspecified atom stereocenters. The molecule has 7 heteroatoms. The van der Waals surface area contributed by atoms with E-state index >= 15 is 0 Å². The largest absolute Gasteiger partial charge is 0.374 e. The number of nitrogens with one attached hydrogen (secondary N) is 1. The zero-order valence-corrected chi connectivity index (χ0v) is 14.5. The lowest BCUT2D eigenvalue weighted by Gasteiger charge is -2.13. The fraction of sp³-hybridized carbons (Fsp3) is 0.278. The van der Waals surface area contributed by atoms with Crippen LogP contribution < -0.4 is 5.32 Å². The Morgan fingerprint density at radius 3 is 2.64 bits per heavy atom. The highest BCUT2D eigenvalue weighted by atomic mass is 35.5. The second-order valence-corrected chi connectivity index (χ2v) is 5.86. The van der Waals surface area contributed by atoms with E-state index < -0.39 is 4.92 Å². The maximum atomic E-state index is 12.1. The SMILES string of the molecule is C[C@H](OCCCNC(=O)c1ccc([N+](=O)[O-])cc1Cl)c1ccccc1. The summed E-state index contributed by atoms with van der Waals surface area (Å²) in [5.41, 5.74) is 1.17. The number of nitro groups is 1. The molecule has 0 spiro atoms. The maximum Gasteiger partial charge on any atom is 0.270 e. The third-order valence-electron chi connectivity index (χ3n) is 3.65. The average molecular weight is 363 g/mol. The van der Waals surface area contributed by atoms with Gasteiger partial charge in [-0.05, 0) is 25.0 Å². The van der Waals surface area contributed by atoms with Crippen LogP contribution in [0.2, 0.25) is 5.02 Å². The van der Waals surface area contributed by atoms with E-state index in [0.717, 1.165) is 5.56 Å². The lowest BCUT2D eigenvalue weighted by Crippen LogP contribution is -2.25. The van der Waals surface area contributed by atoms with Crippen LogP contribution in [-0.4, -0.2) is 24.0 Å². The van der Waals surface area contributed by atoms with E-state index in [0.29, 0.717) is 19.6 Å². The fourth-order valence-corrected chi connectivity index (χ4v) is 2.51. The lowest BCUT2D eigenvalue weighted by molar-refractivity contribution is -0.384. The predicted molar refractivity (Wildman–Crippen MR) is 95.9 cm³/mol. The summed E-state index contributed by atoms with van der Waals surface area (Å²) in [7, 11) is 0. The Bertz CT molecular complexity index is 737. The second-order valence-electron chi connectivity index (χ2n) is 5.45. The summed E-state index contributed by atoms with van der Waals surface area (Å²) in [5, 5.41) is 13.5. The lowest BCUT2D eigenvalue weighted by atomic mass is 10.1. The van der Waals surface area contributed by atoms with Crippen LogP contribution in [0.5, 0.6) is 0 Å². The van der Waals surface area contributed by atoms with E-state index in [9.17, 15) is 14.9 Å². The molecule has 1 N–H and O–H groups in total. The van der Waals surface area contributed by atoms with Gasteiger partial charge in [0.2, 0.25) is 0 Å². The molecule has 0 saturated carbocycles. The normalized spacial score (nSPS) is 11.8. The summed E-state index contributed by atoms with van der Waals surface area (Å²) >= 11 is 5.93. The highest BCUT2D eigenvalue weighted by Gasteiger charge is 2.14. The Hall–Kier alpha value is -2.44. The van der Waals surface area contributed by atoms with Gasteiger partial charge in [0.25, 0.3) is 11.6 Å². The Morgan fingerprint density at radius 1 is 1.28 bits per heavy atom. The molecular formula is C18H19ClN2O4. The van der Waals surface area contributed by atoms with Gasteiger partial charge in [-0.25, -0.2) is 0 Å². The van der Waals surface area contributed by atoms with E-state index in [-0.39, 0.29) is 28.3 Å². The third-order valence-corrected chi connectivity index (χ3v) is 3.96. The van der Waals surface area contributed by atoms with E-state index in [1.807, 2.05) is 37.3 Å². The number of benzene rings is 2. The van der Waals surface area contributed by atoms with Crippen LogP contribution in [0.25, 0.3) is 0 Å². The van der Waals surface area contributed by atoms with Crippen LogP contribution in [0.15, 0.2) is 48.5 Å². The van der Waals surface area contributed by atoms with Gasteiger partial charge in [-0.3, -0.25) is 14.9 Å². The first kappa shape index (κ1) is 18.9. The van der Waals surface area contributed by atoms with Crippen LogP contribution in [-0.2, 0) is 4.74 Å². The Balaban J connectivity index is 1.75. The summed E-state index contributed by atoms with van der Waals surface area (Å²) < 4.78 is 5.73. The van der Waals surface area contributed by atoms with E-state index in [4.69, 9.17) is 16.3 Å². The molecular weight excluding hydrogens is 344 g/mol. The van der Waals surface area contributed by atoms with Crippen molar-refractivity contribution in [2.45, 2.75) is 19.4 Å². The molecule has 0 aliphatic heterocycles. The minimum absolute atomic E-state index is 0.0129. The minimum Gasteiger partial charge on any atom is -0.374 e. The van der Waals surface area contributed by atoms with Gasteiger partial charge in [0.1, 0.15) is 0 Å². The summed E-state index contributed by atoms with van der Waals surface area (Å²) in [5.74, 6) is -0.365. The van der Waals surface area contributed by atoms with Crippen molar-refractivity contribution >= 4 is 23.2 Å². The van der Waals surface area contributed by atoms with Crippen molar-refractivity contribution in [2.24, 2.45) is 0 Å². The summed E-state index contributed by atoms with van der Waals surface area (Å²) in [6.07, 6.45) is 0.633. The smallest absolute Gasteiger partial charge is 0.270 e. The van der Waals surface area contributed by atoms with Crippen molar-refractivity contribution in [1.82, 2.24) is 5.32 Å². The number of non-ortho nitro benzene ring substituents is 1. The van der Waals surface area contributed by atoms with Crippen molar-refractivity contribution in [3.8, 4) is 0 Å². The highest BCUT2D eigenvalue weighted by Crippen LogP contribution is 2.22. The summed E-state index contributed by atoms with van der Waals surface area (Å²) in [4.78, 5) is 22.2. The van der Waals surface area contributed by atoms with Crippen LogP contribution >= 0.6 is 11.6 Å². The van der Waals surface area contributed by atoms with Gasteiger partial charge in [-0.2, -0.15) is 0 Å². The molecule has 2 rings (SSSR count). The number of amides is 1. The van der Waals surface area contributed by atoms with Crippen LogP contribution in [0.4, 0.5) is 5.69 Å². The van der Waals surface area contributed by atoms with E-state index in [2.05, 4.69) is 5.32 Å². The molecule has 0 fully saturated rings. The van der Waals surface area contributed by atoms with Crippen molar-refractivity contribution in [2.75, 3.05) is 13.2 Å². The minimum atomic E-state index is -0.557. The van der Waals surface area contributed by atoms with Gasteiger partial charge >= 0.3 is 0 Å². The second kappa shape index (κ2) is 9.15. The molecule has 2 aromatic carbocycles. The van der Waals surface area contributed by atoms with Gasteiger partial charge in [0, 0.05) is 25.3 Å². The molecule has 25 heavy (non-hydrogen) atoms. The number of hydrogen-bond donors (Lipinski definition) is 1.